The van der Waals surface area contributed by atoms with E-state index in [-0.39, 0.29) is 6.03 Å². The van der Waals surface area contributed by atoms with Crippen molar-refractivity contribution >= 4 is 17.5 Å². The Balaban J connectivity index is 2.03. The van der Waals surface area contributed by atoms with E-state index >= 15 is 0 Å². The van der Waals surface area contributed by atoms with Crippen LogP contribution in [0.15, 0.2) is 18.5 Å². The molecule has 2 rings (SSSR count). The van der Waals surface area contributed by atoms with Crippen LogP contribution in [0.1, 0.15) is 32.0 Å². The Morgan fingerprint density at radius 1 is 1.53 bits per heavy atom. The van der Waals surface area contributed by atoms with E-state index in [0.717, 1.165) is 12.1 Å². The SMILES string of the molecule is CCC(C)n1ncc(NC(=O)Nc2ccn[nH]2)c1C. The number of carbonyl (C=O) groups is 1. The van der Waals surface area contributed by atoms with Crippen molar-refractivity contribution in [3.63, 3.8) is 0 Å². The van der Waals surface area contributed by atoms with E-state index in [0.29, 0.717) is 17.5 Å². The molecule has 0 aliphatic carbocycles. The molecular formula is C12H18N6O. The van der Waals surface area contributed by atoms with E-state index in [4.69, 9.17) is 0 Å². The van der Waals surface area contributed by atoms with Gasteiger partial charge >= 0.3 is 6.03 Å². The molecule has 0 aromatic carbocycles. The van der Waals surface area contributed by atoms with Crippen LogP contribution in [0, 0.1) is 6.92 Å². The molecular weight excluding hydrogens is 244 g/mol. The summed E-state index contributed by atoms with van der Waals surface area (Å²) in [4.78, 5) is 11.8. The molecule has 0 bridgehead atoms. The van der Waals surface area contributed by atoms with Gasteiger partial charge in [-0.1, -0.05) is 6.92 Å². The molecule has 1 atom stereocenters. The van der Waals surface area contributed by atoms with Gasteiger partial charge in [0.1, 0.15) is 5.82 Å². The molecule has 2 aromatic rings. The highest BCUT2D eigenvalue weighted by Gasteiger charge is 2.12. The minimum atomic E-state index is -0.323. The molecule has 102 valence electrons. The lowest BCUT2D eigenvalue weighted by Crippen LogP contribution is -2.20. The molecule has 19 heavy (non-hydrogen) atoms. The number of aromatic amines is 1. The maximum absolute atomic E-state index is 11.8. The Labute approximate surface area is 111 Å². The molecule has 3 N–H and O–H groups in total. The summed E-state index contributed by atoms with van der Waals surface area (Å²) in [7, 11) is 0. The van der Waals surface area contributed by atoms with E-state index in [1.807, 2.05) is 11.6 Å². The fraction of sp³-hybridized carbons (Fsp3) is 0.417. The van der Waals surface area contributed by atoms with E-state index in [1.54, 1.807) is 18.5 Å². The highest BCUT2D eigenvalue weighted by molar-refractivity contribution is 5.99. The van der Waals surface area contributed by atoms with Crippen LogP contribution < -0.4 is 10.6 Å². The lowest BCUT2D eigenvalue weighted by atomic mass is 10.2. The summed E-state index contributed by atoms with van der Waals surface area (Å²) in [6.07, 6.45) is 4.22. The van der Waals surface area contributed by atoms with Crippen LogP contribution in [0.5, 0.6) is 0 Å². The van der Waals surface area contributed by atoms with Crippen LogP contribution in [0.3, 0.4) is 0 Å². The summed E-state index contributed by atoms with van der Waals surface area (Å²) >= 11 is 0. The topological polar surface area (TPSA) is 87.6 Å². The first-order chi connectivity index (χ1) is 9.11. The van der Waals surface area contributed by atoms with Crippen molar-refractivity contribution in [3.05, 3.63) is 24.2 Å². The molecule has 0 saturated carbocycles. The summed E-state index contributed by atoms with van der Waals surface area (Å²) in [5, 5.41) is 16.1. The van der Waals surface area contributed by atoms with Gasteiger partial charge in [0, 0.05) is 12.1 Å². The number of urea groups is 1. The molecule has 0 fully saturated rings. The van der Waals surface area contributed by atoms with Crippen molar-refractivity contribution in [1.29, 1.82) is 0 Å². The lowest BCUT2D eigenvalue weighted by molar-refractivity contribution is 0.262. The fourth-order valence-corrected chi connectivity index (χ4v) is 1.76. The number of hydrogen-bond donors (Lipinski definition) is 3. The Morgan fingerprint density at radius 3 is 2.95 bits per heavy atom. The van der Waals surface area contributed by atoms with Crippen LogP contribution in [0.2, 0.25) is 0 Å². The third-order valence-corrected chi connectivity index (χ3v) is 3.05. The molecule has 2 heterocycles. The van der Waals surface area contributed by atoms with Crippen LogP contribution in [-0.2, 0) is 0 Å². The minimum absolute atomic E-state index is 0.311. The van der Waals surface area contributed by atoms with Crippen LogP contribution >= 0.6 is 0 Å². The van der Waals surface area contributed by atoms with Crippen molar-refractivity contribution in [2.75, 3.05) is 10.6 Å². The average Bonchev–Trinajstić information content (AvgIpc) is 3.00. The maximum Gasteiger partial charge on any atom is 0.324 e. The van der Waals surface area contributed by atoms with E-state index in [2.05, 4.69) is 39.8 Å². The summed E-state index contributed by atoms with van der Waals surface area (Å²) in [6.45, 7) is 6.13. The van der Waals surface area contributed by atoms with E-state index in [9.17, 15) is 4.79 Å². The first-order valence-electron chi connectivity index (χ1n) is 6.23. The first kappa shape index (κ1) is 13.1. The molecule has 7 nitrogen and oxygen atoms in total. The largest absolute Gasteiger partial charge is 0.324 e. The van der Waals surface area contributed by atoms with Crippen molar-refractivity contribution in [1.82, 2.24) is 20.0 Å². The van der Waals surface area contributed by atoms with Crippen LogP contribution in [0.25, 0.3) is 0 Å². The molecule has 2 aromatic heterocycles. The van der Waals surface area contributed by atoms with Gasteiger partial charge in [0.15, 0.2) is 0 Å². The number of carbonyl (C=O) groups excluding carboxylic acids is 1. The average molecular weight is 262 g/mol. The van der Waals surface area contributed by atoms with E-state index in [1.165, 1.54) is 0 Å². The van der Waals surface area contributed by atoms with Gasteiger partial charge in [-0.25, -0.2) is 4.79 Å². The smallest absolute Gasteiger partial charge is 0.305 e. The van der Waals surface area contributed by atoms with Gasteiger partial charge in [0.2, 0.25) is 0 Å². The lowest BCUT2D eigenvalue weighted by Gasteiger charge is -2.12. The standard InChI is InChI=1S/C12H18N6O/c1-4-8(2)18-9(3)10(7-14-18)15-12(19)16-11-5-6-13-17-11/h5-8H,4H2,1-3H3,(H3,13,15,16,17,19). The fourth-order valence-electron chi connectivity index (χ4n) is 1.76. The Morgan fingerprint density at radius 2 is 2.32 bits per heavy atom. The van der Waals surface area contributed by atoms with Gasteiger partial charge in [-0.3, -0.25) is 15.1 Å². The normalized spacial score (nSPS) is 12.2. The van der Waals surface area contributed by atoms with Gasteiger partial charge in [-0.15, -0.1) is 0 Å². The summed E-state index contributed by atoms with van der Waals surface area (Å²) in [5.74, 6) is 0.546. The first-order valence-corrected chi connectivity index (χ1v) is 6.23. The monoisotopic (exact) mass is 262 g/mol. The number of H-pyrrole nitrogens is 1. The molecule has 2 amide bonds. The van der Waals surface area contributed by atoms with Crippen molar-refractivity contribution in [2.24, 2.45) is 0 Å². The Kier molecular flexibility index (Phi) is 3.84. The molecule has 7 heteroatoms. The van der Waals surface area contributed by atoms with Gasteiger partial charge in [0.25, 0.3) is 0 Å². The molecule has 0 spiro atoms. The predicted octanol–water partition coefficient (Wildman–Crippen LogP) is 2.53. The maximum atomic E-state index is 11.8. The van der Waals surface area contributed by atoms with Crippen molar-refractivity contribution < 1.29 is 4.79 Å². The predicted molar refractivity (Wildman–Crippen MR) is 73.2 cm³/mol. The third kappa shape index (κ3) is 2.93. The number of hydrogen-bond acceptors (Lipinski definition) is 3. The number of aromatic nitrogens is 4. The summed E-state index contributed by atoms with van der Waals surface area (Å²) in [6, 6.07) is 1.66. The van der Waals surface area contributed by atoms with Crippen LogP contribution in [-0.4, -0.2) is 26.0 Å². The molecule has 0 aliphatic rings. The highest BCUT2D eigenvalue weighted by Crippen LogP contribution is 2.19. The van der Waals surface area contributed by atoms with Crippen LogP contribution in [0.4, 0.5) is 16.3 Å². The molecule has 1 unspecified atom stereocenters. The van der Waals surface area contributed by atoms with Crippen molar-refractivity contribution in [2.45, 2.75) is 33.2 Å². The zero-order chi connectivity index (χ0) is 13.8. The van der Waals surface area contributed by atoms with Gasteiger partial charge < -0.3 is 5.32 Å². The van der Waals surface area contributed by atoms with Gasteiger partial charge in [0.05, 0.1) is 23.8 Å². The van der Waals surface area contributed by atoms with Gasteiger partial charge in [-0.2, -0.15) is 10.2 Å². The second-order valence-electron chi connectivity index (χ2n) is 4.39. The van der Waals surface area contributed by atoms with Crippen molar-refractivity contribution in [3.8, 4) is 0 Å². The quantitative estimate of drug-likeness (QED) is 0.791. The summed E-state index contributed by atoms with van der Waals surface area (Å²) in [5.41, 5.74) is 1.64. The number of anilines is 2. The number of rotatable bonds is 4. The number of nitrogens with one attached hydrogen (secondary N) is 3. The highest BCUT2D eigenvalue weighted by atomic mass is 16.2. The molecule has 0 saturated heterocycles. The second kappa shape index (κ2) is 5.55. The number of nitrogens with zero attached hydrogens (tertiary/aromatic N) is 3. The third-order valence-electron chi connectivity index (χ3n) is 3.05. The Hall–Kier alpha value is -2.31. The Bertz CT molecular complexity index is 545. The molecule has 0 radical (unpaired) electrons. The summed E-state index contributed by atoms with van der Waals surface area (Å²) < 4.78 is 1.91. The molecule has 0 aliphatic heterocycles. The van der Waals surface area contributed by atoms with Gasteiger partial charge in [-0.05, 0) is 20.3 Å². The second-order valence-corrected chi connectivity index (χ2v) is 4.39. The zero-order valence-corrected chi connectivity index (χ0v) is 11.3. The minimum Gasteiger partial charge on any atom is -0.305 e. The zero-order valence-electron chi connectivity index (χ0n) is 11.3. The van der Waals surface area contributed by atoms with E-state index < -0.39 is 0 Å². The number of amides is 2.